The predicted octanol–water partition coefficient (Wildman–Crippen LogP) is 3.40. The molecule has 0 saturated heterocycles. The summed E-state index contributed by atoms with van der Waals surface area (Å²) in [5.74, 6) is -4.28. The Morgan fingerprint density at radius 1 is 0.952 bits per heavy atom. The minimum Gasteiger partial charge on any atom is -0.380 e. The Morgan fingerprint density at radius 3 is 2.38 bits per heavy atom. The van der Waals surface area contributed by atoms with Crippen LogP contribution in [-0.2, 0) is 0 Å². The molecular formula is C14H8F3N3O. The zero-order chi connectivity index (χ0) is 15.0. The maximum atomic E-state index is 13.9. The number of halogens is 3. The lowest BCUT2D eigenvalue weighted by Crippen LogP contribution is -1.95. The van der Waals surface area contributed by atoms with Gasteiger partial charge in [0.05, 0.1) is 11.1 Å². The van der Waals surface area contributed by atoms with E-state index in [1.54, 1.807) is 12.1 Å². The number of nitrogen functional groups attached to an aromatic ring is 1. The van der Waals surface area contributed by atoms with Crippen molar-refractivity contribution in [2.75, 3.05) is 5.73 Å². The average Bonchev–Trinajstić information content (AvgIpc) is 2.87. The van der Waals surface area contributed by atoms with E-state index < -0.39 is 17.5 Å². The number of aromatic nitrogens is 2. The summed E-state index contributed by atoms with van der Waals surface area (Å²) in [4.78, 5) is 3.86. The van der Waals surface area contributed by atoms with Crippen molar-refractivity contribution in [1.82, 2.24) is 10.1 Å². The highest BCUT2D eigenvalue weighted by Crippen LogP contribution is 2.38. The second kappa shape index (κ2) is 4.93. The number of rotatable bonds is 2. The fourth-order valence-corrected chi connectivity index (χ4v) is 1.99. The van der Waals surface area contributed by atoms with Gasteiger partial charge in [-0.1, -0.05) is 5.16 Å². The Labute approximate surface area is 117 Å². The van der Waals surface area contributed by atoms with Crippen LogP contribution in [0, 0.1) is 17.5 Å². The van der Waals surface area contributed by atoms with Gasteiger partial charge < -0.3 is 10.3 Å². The summed E-state index contributed by atoms with van der Waals surface area (Å²) in [6.45, 7) is 0. The minimum absolute atomic E-state index is 0.0142. The third-order valence-corrected chi connectivity index (χ3v) is 2.97. The third kappa shape index (κ3) is 2.12. The summed E-state index contributed by atoms with van der Waals surface area (Å²) in [5.41, 5.74) is 6.32. The second-order valence-electron chi connectivity index (χ2n) is 4.23. The van der Waals surface area contributed by atoms with Gasteiger partial charge in [0, 0.05) is 12.4 Å². The Morgan fingerprint density at radius 2 is 1.67 bits per heavy atom. The van der Waals surface area contributed by atoms with E-state index in [1.165, 1.54) is 12.4 Å². The Hall–Kier alpha value is -2.83. The Kier molecular flexibility index (Phi) is 3.09. The summed E-state index contributed by atoms with van der Waals surface area (Å²) in [6.07, 6.45) is 3.01. The van der Waals surface area contributed by atoms with E-state index in [4.69, 9.17) is 10.3 Å². The van der Waals surface area contributed by atoms with Crippen LogP contribution >= 0.6 is 0 Å². The molecule has 0 saturated carbocycles. The van der Waals surface area contributed by atoms with Crippen molar-refractivity contribution in [3.8, 4) is 22.5 Å². The van der Waals surface area contributed by atoms with Gasteiger partial charge in [0.25, 0.3) is 0 Å². The third-order valence-electron chi connectivity index (χ3n) is 2.97. The maximum absolute atomic E-state index is 13.9. The lowest BCUT2D eigenvalue weighted by atomic mass is 10.0. The van der Waals surface area contributed by atoms with Gasteiger partial charge >= 0.3 is 0 Å². The van der Waals surface area contributed by atoms with E-state index in [-0.39, 0.29) is 17.1 Å². The van der Waals surface area contributed by atoms with E-state index >= 15 is 0 Å². The standard InChI is InChI=1S/C14H8F3N3O/c15-9-2-1-8(11(16)12(9)17)13-10(14(18)20-21-13)7-3-5-19-6-4-7/h1-6H,(H2,18,20). The molecule has 0 aliphatic rings. The van der Waals surface area contributed by atoms with Crippen molar-refractivity contribution in [3.05, 3.63) is 54.1 Å². The van der Waals surface area contributed by atoms with Crippen molar-refractivity contribution in [2.45, 2.75) is 0 Å². The first-order valence-corrected chi connectivity index (χ1v) is 5.89. The summed E-state index contributed by atoms with van der Waals surface area (Å²) in [6, 6.07) is 5.11. The molecule has 2 heterocycles. The maximum Gasteiger partial charge on any atom is 0.195 e. The molecule has 0 aliphatic carbocycles. The first kappa shape index (κ1) is 13.2. The fraction of sp³-hybridized carbons (Fsp3) is 0. The molecule has 3 aromatic rings. The van der Waals surface area contributed by atoms with Crippen LogP contribution in [0.1, 0.15) is 0 Å². The lowest BCUT2D eigenvalue weighted by molar-refractivity contribution is 0.423. The smallest absolute Gasteiger partial charge is 0.195 e. The molecule has 2 N–H and O–H groups in total. The van der Waals surface area contributed by atoms with Crippen LogP contribution in [0.2, 0.25) is 0 Å². The van der Waals surface area contributed by atoms with Gasteiger partial charge in [0.15, 0.2) is 29.0 Å². The minimum atomic E-state index is -1.58. The van der Waals surface area contributed by atoms with Crippen molar-refractivity contribution >= 4 is 5.82 Å². The van der Waals surface area contributed by atoms with Crippen molar-refractivity contribution in [1.29, 1.82) is 0 Å². The zero-order valence-electron chi connectivity index (χ0n) is 10.5. The molecule has 0 fully saturated rings. The second-order valence-corrected chi connectivity index (χ2v) is 4.23. The van der Waals surface area contributed by atoms with Crippen molar-refractivity contribution in [3.63, 3.8) is 0 Å². The quantitative estimate of drug-likeness (QED) is 0.735. The number of benzene rings is 1. The van der Waals surface area contributed by atoms with Crippen LogP contribution in [0.4, 0.5) is 19.0 Å². The molecule has 3 rings (SSSR count). The summed E-state index contributed by atoms with van der Waals surface area (Å²) >= 11 is 0. The average molecular weight is 291 g/mol. The van der Waals surface area contributed by atoms with Crippen LogP contribution in [0.5, 0.6) is 0 Å². The zero-order valence-corrected chi connectivity index (χ0v) is 10.5. The summed E-state index contributed by atoms with van der Waals surface area (Å²) in [5, 5.41) is 3.56. The van der Waals surface area contributed by atoms with E-state index in [2.05, 4.69) is 10.1 Å². The van der Waals surface area contributed by atoms with Crippen molar-refractivity contribution < 1.29 is 17.7 Å². The SMILES string of the molecule is Nc1noc(-c2ccc(F)c(F)c2F)c1-c1ccncc1. The molecule has 106 valence electrons. The highest BCUT2D eigenvalue weighted by atomic mass is 19.2. The summed E-state index contributed by atoms with van der Waals surface area (Å²) in [7, 11) is 0. The molecule has 0 unspecified atom stereocenters. The molecule has 21 heavy (non-hydrogen) atoms. The topological polar surface area (TPSA) is 64.9 Å². The van der Waals surface area contributed by atoms with E-state index in [1.807, 2.05) is 0 Å². The van der Waals surface area contributed by atoms with E-state index in [0.29, 0.717) is 11.1 Å². The Bertz CT molecular complexity index is 803. The normalized spacial score (nSPS) is 10.8. The molecular weight excluding hydrogens is 283 g/mol. The van der Waals surface area contributed by atoms with E-state index in [0.717, 1.165) is 12.1 Å². The van der Waals surface area contributed by atoms with Gasteiger partial charge in [-0.3, -0.25) is 4.98 Å². The Balaban J connectivity index is 2.24. The first-order chi connectivity index (χ1) is 10.1. The highest BCUT2D eigenvalue weighted by molar-refractivity contribution is 5.86. The molecule has 0 spiro atoms. The number of hydrogen-bond donors (Lipinski definition) is 1. The largest absolute Gasteiger partial charge is 0.380 e. The molecule has 0 bridgehead atoms. The number of nitrogens with two attached hydrogens (primary N) is 1. The summed E-state index contributed by atoms with van der Waals surface area (Å²) < 4.78 is 45.3. The lowest BCUT2D eigenvalue weighted by Gasteiger charge is -2.04. The van der Waals surface area contributed by atoms with E-state index in [9.17, 15) is 13.2 Å². The van der Waals surface area contributed by atoms with Gasteiger partial charge in [-0.2, -0.15) is 0 Å². The molecule has 7 heteroatoms. The van der Waals surface area contributed by atoms with Crippen LogP contribution in [0.15, 0.2) is 41.2 Å². The van der Waals surface area contributed by atoms with Crippen LogP contribution in [0.25, 0.3) is 22.5 Å². The molecule has 0 atom stereocenters. The van der Waals surface area contributed by atoms with Gasteiger partial charge in [0.2, 0.25) is 0 Å². The molecule has 0 aliphatic heterocycles. The molecule has 4 nitrogen and oxygen atoms in total. The van der Waals surface area contributed by atoms with Crippen LogP contribution in [-0.4, -0.2) is 10.1 Å². The number of nitrogens with zero attached hydrogens (tertiary/aromatic N) is 2. The molecule has 1 aromatic carbocycles. The van der Waals surface area contributed by atoms with Crippen LogP contribution < -0.4 is 5.73 Å². The first-order valence-electron chi connectivity index (χ1n) is 5.89. The fourth-order valence-electron chi connectivity index (χ4n) is 1.99. The van der Waals surface area contributed by atoms with Gasteiger partial charge in [-0.15, -0.1) is 0 Å². The molecule has 0 radical (unpaired) electrons. The number of pyridine rings is 1. The number of anilines is 1. The van der Waals surface area contributed by atoms with Crippen LogP contribution in [0.3, 0.4) is 0 Å². The molecule has 0 amide bonds. The number of hydrogen-bond acceptors (Lipinski definition) is 4. The van der Waals surface area contributed by atoms with Gasteiger partial charge in [-0.25, -0.2) is 13.2 Å². The van der Waals surface area contributed by atoms with Gasteiger partial charge in [-0.05, 0) is 29.8 Å². The predicted molar refractivity (Wildman–Crippen MR) is 69.5 cm³/mol. The highest BCUT2D eigenvalue weighted by Gasteiger charge is 2.23. The molecule has 2 aromatic heterocycles. The van der Waals surface area contributed by atoms with Crippen molar-refractivity contribution in [2.24, 2.45) is 0 Å². The monoisotopic (exact) mass is 291 g/mol. The van der Waals surface area contributed by atoms with Gasteiger partial charge in [0.1, 0.15) is 0 Å².